The van der Waals surface area contributed by atoms with Gasteiger partial charge < -0.3 is 9.64 Å². The van der Waals surface area contributed by atoms with Crippen LogP contribution in [0.2, 0.25) is 0 Å². The van der Waals surface area contributed by atoms with Gasteiger partial charge in [-0.2, -0.15) is 5.10 Å². The van der Waals surface area contributed by atoms with Crippen molar-refractivity contribution in [2.24, 2.45) is 0 Å². The zero-order valence-electron chi connectivity index (χ0n) is 18.3. The summed E-state index contributed by atoms with van der Waals surface area (Å²) in [6, 6.07) is 18.8. The van der Waals surface area contributed by atoms with Crippen LogP contribution in [-0.4, -0.2) is 39.8 Å². The van der Waals surface area contributed by atoms with Crippen LogP contribution in [0.15, 0.2) is 59.4 Å². The van der Waals surface area contributed by atoms with Gasteiger partial charge in [-0.3, -0.25) is 4.79 Å². The molecule has 6 rings (SSSR count). The van der Waals surface area contributed by atoms with Crippen LogP contribution >= 0.6 is 0 Å². The van der Waals surface area contributed by atoms with Crippen LogP contribution in [0.4, 0.5) is 0 Å². The summed E-state index contributed by atoms with van der Waals surface area (Å²) in [5.41, 5.74) is 4.70. The highest BCUT2D eigenvalue weighted by Crippen LogP contribution is 2.42. The number of piperidine rings is 1. The second kappa shape index (κ2) is 7.89. The van der Waals surface area contributed by atoms with Crippen LogP contribution in [0, 0.1) is 0 Å². The van der Waals surface area contributed by atoms with Crippen molar-refractivity contribution in [3.05, 3.63) is 70.5 Å². The first-order chi connectivity index (χ1) is 15.7. The molecule has 0 atom stereocenters. The van der Waals surface area contributed by atoms with Crippen LogP contribution in [0.1, 0.15) is 44.1 Å². The molecule has 2 aliphatic heterocycles. The number of rotatable bonds is 3. The fraction of sp³-hybridized carbons (Fsp3) is 0.407. The van der Waals surface area contributed by atoms with Gasteiger partial charge in [0.25, 0.3) is 5.56 Å². The van der Waals surface area contributed by atoms with E-state index < -0.39 is 0 Å². The monoisotopic (exact) mass is 427 g/mol. The first-order valence-corrected chi connectivity index (χ1v) is 11.9. The predicted molar refractivity (Wildman–Crippen MR) is 126 cm³/mol. The number of ether oxygens (including phenoxy) is 1. The largest absolute Gasteiger partial charge is 0.487 e. The number of aromatic nitrogens is 2. The average Bonchev–Trinajstić information content (AvgIpc) is 2.80. The molecule has 1 aliphatic carbocycles. The minimum Gasteiger partial charge on any atom is -0.487 e. The molecule has 1 saturated heterocycles. The van der Waals surface area contributed by atoms with Crippen LogP contribution < -0.4 is 10.3 Å². The number of benzene rings is 2. The van der Waals surface area contributed by atoms with Gasteiger partial charge in [0.1, 0.15) is 11.4 Å². The normalized spacial score (nSPS) is 20.4. The molecule has 5 heteroatoms. The van der Waals surface area contributed by atoms with Gasteiger partial charge in [-0.15, -0.1) is 0 Å². The molecule has 1 spiro atoms. The van der Waals surface area contributed by atoms with Gasteiger partial charge in [-0.05, 0) is 67.9 Å². The first kappa shape index (κ1) is 19.7. The van der Waals surface area contributed by atoms with Crippen LogP contribution in [-0.2, 0) is 6.42 Å². The summed E-state index contributed by atoms with van der Waals surface area (Å²) in [6.07, 6.45) is 8.51. The molecule has 1 N–H and O–H groups in total. The summed E-state index contributed by atoms with van der Waals surface area (Å²) in [6.45, 7) is 2.33. The lowest BCUT2D eigenvalue weighted by atomic mass is 9.81. The lowest BCUT2D eigenvalue weighted by Crippen LogP contribution is -2.53. The number of aromatic amines is 1. The summed E-state index contributed by atoms with van der Waals surface area (Å²) >= 11 is 0. The van der Waals surface area contributed by atoms with E-state index in [1.165, 1.54) is 37.9 Å². The number of fused-ring (bicyclic) bond motifs is 1. The molecule has 1 aromatic heterocycles. The quantitative estimate of drug-likeness (QED) is 0.651. The van der Waals surface area contributed by atoms with Gasteiger partial charge in [0.05, 0.1) is 5.69 Å². The highest BCUT2D eigenvalue weighted by Gasteiger charge is 2.41. The molecule has 1 saturated carbocycles. The molecule has 3 aromatic rings. The molecular formula is C27H29N3O2. The third kappa shape index (κ3) is 3.55. The average molecular weight is 428 g/mol. The van der Waals surface area contributed by atoms with Crippen LogP contribution in [0.3, 0.4) is 0 Å². The Hall–Kier alpha value is -2.92. The maximum Gasteiger partial charge on any atom is 0.264 e. The minimum absolute atomic E-state index is 0.000195. The lowest BCUT2D eigenvalue weighted by Gasteiger charge is -2.48. The second-order valence-electron chi connectivity index (χ2n) is 9.59. The summed E-state index contributed by atoms with van der Waals surface area (Å²) in [5, 5.41) is 7.03. The molecule has 0 unspecified atom stereocenters. The number of H-pyrrole nitrogens is 1. The number of hydrogen-bond acceptors (Lipinski definition) is 4. The van der Waals surface area contributed by atoms with E-state index in [2.05, 4.69) is 33.3 Å². The molecule has 3 aliphatic rings. The molecule has 3 heterocycles. The van der Waals surface area contributed by atoms with E-state index in [4.69, 9.17) is 4.74 Å². The molecular weight excluding hydrogens is 398 g/mol. The summed E-state index contributed by atoms with van der Waals surface area (Å²) in [7, 11) is 0. The Morgan fingerprint density at radius 2 is 1.78 bits per heavy atom. The lowest BCUT2D eigenvalue weighted by molar-refractivity contribution is -0.0336. The summed E-state index contributed by atoms with van der Waals surface area (Å²) in [5.74, 6) is 1.02. The van der Waals surface area contributed by atoms with E-state index in [1.807, 2.05) is 30.3 Å². The Kier molecular flexibility index (Phi) is 4.87. The molecule has 0 amide bonds. The highest BCUT2D eigenvalue weighted by atomic mass is 16.5. The van der Waals surface area contributed by atoms with Gasteiger partial charge >= 0.3 is 0 Å². The van der Waals surface area contributed by atoms with Crippen molar-refractivity contribution in [2.45, 2.75) is 56.6 Å². The number of nitrogens with one attached hydrogen (secondary N) is 1. The molecule has 32 heavy (non-hydrogen) atoms. The van der Waals surface area contributed by atoms with E-state index in [0.29, 0.717) is 0 Å². The summed E-state index contributed by atoms with van der Waals surface area (Å²) < 4.78 is 6.66. The third-order valence-corrected chi connectivity index (χ3v) is 7.70. The van der Waals surface area contributed by atoms with Crippen LogP contribution in [0.25, 0.3) is 22.4 Å². The van der Waals surface area contributed by atoms with E-state index in [9.17, 15) is 4.79 Å². The maximum atomic E-state index is 12.0. The molecule has 5 nitrogen and oxygen atoms in total. The Balaban J connectivity index is 1.26. The third-order valence-electron chi connectivity index (χ3n) is 7.70. The SMILES string of the molecule is O=c1cc(-c2ccccc2)c(-c2ccc3c(c2)CCC2(CCN(C4CCC4)CC2)O3)n[nH]1. The van der Waals surface area contributed by atoms with Gasteiger partial charge in [-0.25, -0.2) is 5.10 Å². The molecule has 0 bridgehead atoms. The molecule has 164 valence electrons. The van der Waals surface area contributed by atoms with Gasteiger partial charge in [-0.1, -0.05) is 36.8 Å². The van der Waals surface area contributed by atoms with Crippen molar-refractivity contribution in [1.29, 1.82) is 0 Å². The maximum absolute atomic E-state index is 12.0. The Labute approximate surface area is 188 Å². The fourth-order valence-electron chi connectivity index (χ4n) is 5.53. The zero-order valence-corrected chi connectivity index (χ0v) is 18.3. The van der Waals surface area contributed by atoms with Crippen molar-refractivity contribution >= 4 is 0 Å². The van der Waals surface area contributed by atoms with Gasteiger partial charge in [0.2, 0.25) is 0 Å². The van der Waals surface area contributed by atoms with Crippen molar-refractivity contribution in [3.63, 3.8) is 0 Å². The van der Waals surface area contributed by atoms with Crippen LogP contribution in [0.5, 0.6) is 5.75 Å². The highest BCUT2D eigenvalue weighted by molar-refractivity contribution is 5.80. The Morgan fingerprint density at radius 3 is 2.53 bits per heavy atom. The summed E-state index contributed by atoms with van der Waals surface area (Å²) in [4.78, 5) is 14.7. The van der Waals surface area contributed by atoms with Crippen molar-refractivity contribution in [1.82, 2.24) is 15.1 Å². The number of likely N-dealkylation sites (tertiary alicyclic amines) is 1. The van der Waals surface area contributed by atoms with E-state index >= 15 is 0 Å². The van der Waals surface area contributed by atoms with Crippen molar-refractivity contribution in [2.75, 3.05) is 13.1 Å². The molecule has 2 aromatic carbocycles. The minimum atomic E-state index is -0.191. The van der Waals surface area contributed by atoms with E-state index in [1.54, 1.807) is 6.07 Å². The Morgan fingerprint density at radius 1 is 0.969 bits per heavy atom. The van der Waals surface area contributed by atoms with E-state index in [0.717, 1.165) is 59.9 Å². The fourth-order valence-corrected chi connectivity index (χ4v) is 5.53. The number of aryl methyl sites for hydroxylation is 1. The standard InChI is InChI=1S/C27H29N3O2/c31-25-18-23(19-5-2-1-3-6-19)26(29-28-25)21-9-10-24-20(17-21)11-12-27(32-24)13-15-30(16-14-27)22-7-4-8-22/h1-3,5-6,9-10,17-18,22H,4,7-8,11-16H2,(H,28,31). The molecule has 2 fully saturated rings. The number of hydrogen-bond donors (Lipinski definition) is 1. The molecule has 0 radical (unpaired) electrons. The predicted octanol–water partition coefficient (Wildman–Crippen LogP) is 4.82. The topological polar surface area (TPSA) is 58.2 Å². The Bertz CT molecular complexity index is 1180. The second-order valence-corrected chi connectivity index (χ2v) is 9.59. The first-order valence-electron chi connectivity index (χ1n) is 11.9. The van der Waals surface area contributed by atoms with Crippen molar-refractivity contribution in [3.8, 4) is 28.1 Å². The zero-order chi connectivity index (χ0) is 21.5. The van der Waals surface area contributed by atoms with E-state index in [-0.39, 0.29) is 11.2 Å². The smallest absolute Gasteiger partial charge is 0.264 e. The van der Waals surface area contributed by atoms with Gasteiger partial charge in [0, 0.05) is 36.3 Å². The van der Waals surface area contributed by atoms with Crippen molar-refractivity contribution < 1.29 is 4.74 Å². The number of nitrogens with zero attached hydrogens (tertiary/aromatic N) is 2. The van der Waals surface area contributed by atoms with Gasteiger partial charge in [0.15, 0.2) is 0 Å².